The molecule has 0 atom stereocenters. The Morgan fingerprint density at radius 3 is 2.78 bits per heavy atom. The van der Waals surface area contributed by atoms with Crippen molar-refractivity contribution in [3.63, 3.8) is 0 Å². The van der Waals surface area contributed by atoms with Crippen LogP contribution in [0.4, 0.5) is 5.82 Å². The van der Waals surface area contributed by atoms with Crippen LogP contribution >= 0.6 is 11.6 Å². The van der Waals surface area contributed by atoms with Gasteiger partial charge in [0, 0.05) is 30.4 Å². The van der Waals surface area contributed by atoms with Crippen molar-refractivity contribution in [1.82, 2.24) is 15.1 Å². The SMILES string of the molecule is CN(CCO)c1ccc(-c2nc(-c3cccc(Cl)c3)no2)cn1. The number of benzene rings is 1. The van der Waals surface area contributed by atoms with E-state index in [-0.39, 0.29) is 6.61 Å². The summed E-state index contributed by atoms with van der Waals surface area (Å²) < 4.78 is 5.30. The number of rotatable bonds is 5. The summed E-state index contributed by atoms with van der Waals surface area (Å²) in [4.78, 5) is 10.6. The Morgan fingerprint density at radius 1 is 1.22 bits per heavy atom. The fourth-order valence-corrected chi connectivity index (χ4v) is 2.28. The number of aliphatic hydroxyl groups excluding tert-OH is 1. The van der Waals surface area contributed by atoms with Crippen molar-refractivity contribution in [3.8, 4) is 22.8 Å². The highest BCUT2D eigenvalue weighted by Gasteiger charge is 2.12. The maximum Gasteiger partial charge on any atom is 0.259 e. The molecule has 3 aromatic rings. The quantitative estimate of drug-likeness (QED) is 0.775. The van der Waals surface area contributed by atoms with Crippen LogP contribution in [0, 0.1) is 0 Å². The average Bonchev–Trinajstić information content (AvgIpc) is 3.05. The number of hydrogen-bond acceptors (Lipinski definition) is 6. The Balaban J connectivity index is 1.83. The molecule has 0 fully saturated rings. The Kier molecular flexibility index (Phi) is 4.55. The Hall–Kier alpha value is -2.44. The molecule has 0 aliphatic rings. The molecule has 0 spiro atoms. The summed E-state index contributed by atoms with van der Waals surface area (Å²) >= 11 is 5.97. The van der Waals surface area contributed by atoms with E-state index in [0.29, 0.717) is 23.3 Å². The van der Waals surface area contributed by atoms with Crippen LogP contribution in [0.5, 0.6) is 0 Å². The van der Waals surface area contributed by atoms with Crippen LogP contribution in [0.1, 0.15) is 0 Å². The maximum absolute atomic E-state index is 8.95. The molecule has 3 rings (SSSR count). The number of pyridine rings is 1. The summed E-state index contributed by atoms with van der Waals surface area (Å²) in [6.45, 7) is 0.596. The average molecular weight is 331 g/mol. The van der Waals surface area contributed by atoms with Crippen molar-refractivity contribution in [2.24, 2.45) is 0 Å². The maximum atomic E-state index is 8.95. The van der Waals surface area contributed by atoms with Gasteiger partial charge in [-0.3, -0.25) is 0 Å². The molecule has 0 unspecified atom stereocenters. The molecule has 0 bridgehead atoms. The van der Waals surface area contributed by atoms with Crippen LogP contribution < -0.4 is 4.90 Å². The number of hydrogen-bond donors (Lipinski definition) is 1. The third-order valence-electron chi connectivity index (χ3n) is 3.33. The number of aliphatic hydroxyl groups is 1. The van der Waals surface area contributed by atoms with Gasteiger partial charge in [-0.1, -0.05) is 28.9 Å². The molecule has 0 saturated carbocycles. The molecule has 1 aromatic carbocycles. The molecule has 2 aromatic heterocycles. The second-order valence-electron chi connectivity index (χ2n) is 4.98. The first kappa shape index (κ1) is 15.5. The van der Waals surface area contributed by atoms with E-state index >= 15 is 0 Å². The molecule has 7 heteroatoms. The Labute approximate surface area is 138 Å². The second-order valence-corrected chi connectivity index (χ2v) is 5.42. The van der Waals surface area contributed by atoms with Gasteiger partial charge in [-0.25, -0.2) is 4.98 Å². The van der Waals surface area contributed by atoms with E-state index in [4.69, 9.17) is 21.2 Å². The van der Waals surface area contributed by atoms with Crippen LogP contribution in [-0.4, -0.2) is 40.4 Å². The van der Waals surface area contributed by atoms with Gasteiger partial charge in [0.1, 0.15) is 5.82 Å². The Morgan fingerprint density at radius 2 is 2.09 bits per heavy atom. The zero-order valence-electron chi connectivity index (χ0n) is 12.5. The minimum Gasteiger partial charge on any atom is -0.395 e. The molecule has 0 radical (unpaired) electrons. The van der Waals surface area contributed by atoms with E-state index in [1.807, 2.05) is 36.2 Å². The van der Waals surface area contributed by atoms with Crippen molar-refractivity contribution < 1.29 is 9.63 Å². The number of anilines is 1. The Bertz CT molecular complexity index is 789. The first-order valence-electron chi connectivity index (χ1n) is 7.05. The van der Waals surface area contributed by atoms with Crippen LogP contribution in [0.3, 0.4) is 0 Å². The molecule has 2 heterocycles. The lowest BCUT2D eigenvalue weighted by Crippen LogP contribution is -2.21. The first-order valence-corrected chi connectivity index (χ1v) is 7.43. The van der Waals surface area contributed by atoms with Crippen molar-refractivity contribution >= 4 is 17.4 Å². The van der Waals surface area contributed by atoms with Gasteiger partial charge in [0.15, 0.2) is 0 Å². The van der Waals surface area contributed by atoms with Crippen LogP contribution in [0.25, 0.3) is 22.8 Å². The summed E-state index contributed by atoms with van der Waals surface area (Å²) in [5.74, 6) is 1.63. The third kappa shape index (κ3) is 3.49. The summed E-state index contributed by atoms with van der Waals surface area (Å²) in [5, 5.41) is 13.5. The van der Waals surface area contributed by atoms with Gasteiger partial charge in [0.2, 0.25) is 5.82 Å². The highest BCUT2D eigenvalue weighted by atomic mass is 35.5. The lowest BCUT2D eigenvalue weighted by atomic mass is 10.2. The summed E-state index contributed by atoms with van der Waals surface area (Å²) in [6, 6.07) is 11.0. The van der Waals surface area contributed by atoms with E-state index in [2.05, 4.69) is 15.1 Å². The van der Waals surface area contributed by atoms with E-state index in [0.717, 1.165) is 16.9 Å². The summed E-state index contributed by atoms with van der Waals surface area (Å²) in [7, 11) is 1.86. The fraction of sp³-hybridized carbons (Fsp3) is 0.188. The number of likely N-dealkylation sites (N-methyl/N-ethyl adjacent to an activating group) is 1. The molecule has 118 valence electrons. The van der Waals surface area contributed by atoms with Crippen molar-refractivity contribution in [3.05, 3.63) is 47.6 Å². The monoisotopic (exact) mass is 330 g/mol. The smallest absolute Gasteiger partial charge is 0.259 e. The molecule has 0 amide bonds. The third-order valence-corrected chi connectivity index (χ3v) is 3.57. The lowest BCUT2D eigenvalue weighted by Gasteiger charge is -2.16. The number of halogens is 1. The summed E-state index contributed by atoms with van der Waals surface area (Å²) in [6.07, 6.45) is 1.67. The predicted octanol–water partition coefficient (Wildman–Crippen LogP) is 2.88. The largest absolute Gasteiger partial charge is 0.395 e. The molecule has 6 nitrogen and oxygen atoms in total. The normalized spacial score (nSPS) is 10.7. The van der Waals surface area contributed by atoms with Gasteiger partial charge in [-0.05, 0) is 24.3 Å². The van der Waals surface area contributed by atoms with Gasteiger partial charge in [0.25, 0.3) is 5.89 Å². The van der Waals surface area contributed by atoms with Crippen molar-refractivity contribution in [2.75, 3.05) is 25.1 Å². The standard InChI is InChI=1S/C16H15ClN4O2/c1-21(7-8-22)14-6-5-12(10-18-14)16-19-15(20-23-16)11-3-2-4-13(17)9-11/h2-6,9-10,22H,7-8H2,1H3. The molecule has 23 heavy (non-hydrogen) atoms. The zero-order valence-corrected chi connectivity index (χ0v) is 13.2. The van der Waals surface area contributed by atoms with Crippen molar-refractivity contribution in [2.45, 2.75) is 0 Å². The summed E-state index contributed by atoms with van der Waals surface area (Å²) in [5.41, 5.74) is 1.52. The fourth-order valence-electron chi connectivity index (χ4n) is 2.09. The molecule has 1 N–H and O–H groups in total. The molecule has 0 saturated heterocycles. The second kappa shape index (κ2) is 6.76. The van der Waals surface area contributed by atoms with Crippen molar-refractivity contribution in [1.29, 1.82) is 0 Å². The van der Waals surface area contributed by atoms with Gasteiger partial charge in [-0.15, -0.1) is 0 Å². The minimum atomic E-state index is 0.0760. The van der Waals surface area contributed by atoms with Gasteiger partial charge in [0.05, 0.1) is 12.2 Å². The van der Waals surface area contributed by atoms with Gasteiger partial charge in [-0.2, -0.15) is 4.98 Å². The van der Waals surface area contributed by atoms with E-state index in [1.165, 1.54) is 0 Å². The first-order chi connectivity index (χ1) is 11.2. The highest BCUT2D eigenvalue weighted by Crippen LogP contribution is 2.24. The van der Waals surface area contributed by atoms with Crippen LogP contribution in [-0.2, 0) is 0 Å². The zero-order chi connectivity index (χ0) is 16.2. The van der Waals surface area contributed by atoms with Crippen LogP contribution in [0.15, 0.2) is 47.1 Å². The van der Waals surface area contributed by atoms with E-state index < -0.39 is 0 Å². The number of nitrogens with zero attached hydrogens (tertiary/aromatic N) is 4. The lowest BCUT2D eigenvalue weighted by molar-refractivity contribution is 0.304. The topological polar surface area (TPSA) is 75.3 Å². The van der Waals surface area contributed by atoms with Crippen LogP contribution in [0.2, 0.25) is 5.02 Å². The van der Waals surface area contributed by atoms with Gasteiger partial charge >= 0.3 is 0 Å². The molecule has 0 aliphatic heterocycles. The molecular weight excluding hydrogens is 316 g/mol. The van der Waals surface area contributed by atoms with E-state index in [9.17, 15) is 0 Å². The van der Waals surface area contributed by atoms with Gasteiger partial charge < -0.3 is 14.5 Å². The number of aromatic nitrogens is 3. The highest BCUT2D eigenvalue weighted by molar-refractivity contribution is 6.30. The predicted molar refractivity (Wildman–Crippen MR) is 88.3 cm³/mol. The van der Waals surface area contributed by atoms with E-state index in [1.54, 1.807) is 18.3 Å². The minimum absolute atomic E-state index is 0.0760. The molecular formula is C16H15ClN4O2. The molecule has 0 aliphatic carbocycles.